The average molecular weight is 171 g/mol. The van der Waals surface area contributed by atoms with Crippen molar-refractivity contribution in [2.75, 3.05) is 0 Å². The summed E-state index contributed by atoms with van der Waals surface area (Å²) in [5.74, 6) is 0. The van der Waals surface area contributed by atoms with E-state index in [1.54, 1.807) is 12.3 Å². The van der Waals surface area contributed by atoms with Crippen molar-refractivity contribution in [1.29, 1.82) is 0 Å². The minimum absolute atomic E-state index is 0.269. The van der Waals surface area contributed by atoms with Crippen LogP contribution in [0.3, 0.4) is 0 Å². The second kappa shape index (κ2) is 8.27. The molecule has 0 aromatic heterocycles. The van der Waals surface area contributed by atoms with E-state index < -0.39 is 0 Å². The molecular formula is C9H17NO2. The Labute approximate surface area is 73.5 Å². The molecule has 0 heterocycles. The summed E-state index contributed by atoms with van der Waals surface area (Å²) in [4.78, 5) is 9.80. The fourth-order valence-electron chi connectivity index (χ4n) is 0.890. The summed E-state index contributed by atoms with van der Waals surface area (Å²) < 4.78 is 0. The Balaban J connectivity index is 3.29. The van der Waals surface area contributed by atoms with Gasteiger partial charge in [-0.05, 0) is 19.0 Å². The van der Waals surface area contributed by atoms with Gasteiger partial charge in [-0.1, -0.05) is 25.8 Å². The SMILES string of the molecule is CCCCC(O)CC=CNC=O. The minimum atomic E-state index is -0.269. The molecule has 70 valence electrons. The highest BCUT2D eigenvalue weighted by Crippen LogP contribution is 2.03. The first-order valence-electron chi connectivity index (χ1n) is 4.34. The molecule has 0 saturated heterocycles. The number of hydrogen-bond donors (Lipinski definition) is 2. The van der Waals surface area contributed by atoms with E-state index in [0.29, 0.717) is 12.8 Å². The van der Waals surface area contributed by atoms with Gasteiger partial charge >= 0.3 is 0 Å². The van der Waals surface area contributed by atoms with Crippen molar-refractivity contribution < 1.29 is 9.90 Å². The monoisotopic (exact) mass is 171 g/mol. The zero-order valence-electron chi connectivity index (χ0n) is 7.49. The Kier molecular flexibility index (Phi) is 7.70. The third kappa shape index (κ3) is 7.28. The van der Waals surface area contributed by atoms with Crippen LogP contribution in [0.2, 0.25) is 0 Å². The first-order valence-corrected chi connectivity index (χ1v) is 4.34. The van der Waals surface area contributed by atoms with Gasteiger partial charge in [0.25, 0.3) is 0 Å². The van der Waals surface area contributed by atoms with Crippen LogP contribution in [0.15, 0.2) is 12.3 Å². The van der Waals surface area contributed by atoms with Gasteiger partial charge in [0.05, 0.1) is 6.10 Å². The normalized spacial score (nSPS) is 13.2. The first kappa shape index (κ1) is 11.2. The number of nitrogens with one attached hydrogen (secondary N) is 1. The predicted octanol–water partition coefficient (Wildman–Crippen LogP) is 1.19. The van der Waals surface area contributed by atoms with Crippen LogP contribution in [0.1, 0.15) is 32.6 Å². The summed E-state index contributed by atoms with van der Waals surface area (Å²) in [7, 11) is 0. The Morgan fingerprint density at radius 1 is 1.58 bits per heavy atom. The number of carbonyl (C=O) groups excluding carboxylic acids is 1. The lowest BCUT2D eigenvalue weighted by molar-refractivity contribution is -0.108. The summed E-state index contributed by atoms with van der Waals surface area (Å²) in [6, 6.07) is 0. The van der Waals surface area contributed by atoms with Crippen LogP contribution >= 0.6 is 0 Å². The molecule has 0 aliphatic heterocycles. The molecule has 0 saturated carbocycles. The molecule has 2 N–H and O–H groups in total. The molecule has 0 aliphatic rings. The van der Waals surface area contributed by atoms with Gasteiger partial charge in [-0.2, -0.15) is 0 Å². The first-order chi connectivity index (χ1) is 5.81. The predicted molar refractivity (Wildman–Crippen MR) is 48.5 cm³/mol. The standard InChI is InChI=1S/C9H17NO2/c1-2-3-5-9(12)6-4-7-10-8-11/h4,7-9,12H,2-3,5-6H2,1H3,(H,10,11). The Morgan fingerprint density at radius 3 is 2.92 bits per heavy atom. The van der Waals surface area contributed by atoms with Crippen molar-refractivity contribution in [3.63, 3.8) is 0 Å². The van der Waals surface area contributed by atoms with Crippen LogP contribution in [-0.4, -0.2) is 17.6 Å². The maximum Gasteiger partial charge on any atom is 0.211 e. The molecule has 0 aromatic carbocycles. The molecule has 0 aromatic rings. The van der Waals surface area contributed by atoms with E-state index in [0.717, 1.165) is 19.3 Å². The molecule has 3 nitrogen and oxygen atoms in total. The van der Waals surface area contributed by atoms with Gasteiger partial charge in [0.1, 0.15) is 0 Å². The number of aliphatic hydroxyl groups is 1. The fraction of sp³-hybridized carbons (Fsp3) is 0.667. The van der Waals surface area contributed by atoms with Crippen molar-refractivity contribution in [3.8, 4) is 0 Å². The van der Waals surface area contributed by atoms with E-state index in [9.17, 15) is 9.90 Å². The Bertz CT molecular complexity index is 134. The molecule has 0 rings (SSSR count). The minimum Gasteiger partial charge on any atom is -0.393 e. The smallest absolute Gasteiger partial charge is 0.211 e. The number of unbranched alkanes of at least 4 members (excludes halogenated alkanes) is 1. The third-order valence-electron chi connectivity index (χ3n) is 1.58. The van der Waals surface area contributed by atoms with Crippen molar-refractivity contribution in [3.05, 3.63) is 12.3 Å². The van der Waals surface area contributed by atoms with Crippen molar-refractivity contribution >= 4 is 6.41 Å². The van der Waals surface area contributed by atoms with Crippen LogP contribution in [0.5, 0.6) is 0 Å². The maximum atomic E-state index is 9.80. The van der Waals surface area contributed by atoms with Crippen LogP contribution in [0.4, 0.5) is 0 Å². The van der Waals surface area contributed by atoms with E-state index in [1.807, 2.05) is 0 Å². The van der Waals surface area contributed by atoms with Gasteiger partial charge in [-0.25, -0.2) is 0 Å². The highest BCUT2D eigenvalue weighted by Gasteiger charge is 1.98. The molecule has 12 heavy (non-hydrogen) atoms. The topological polar surface area (TPSA) is 49.3 Å². The molecular weight excluding hydrogens is 154 g/mol. The highest BCUT2D eigenvalue weighted by atomic mass is 16.3. The van der Waals surface area contributed by atoms with Crippen LogP contribution in [0, 0.1) is 0 Å². The zero-order chi connectivity index (χ0) is 9.23. The van der Waals surface area contributed by atoms with Crippen molar-refractivity contribution in [2.45, 2.75) is 38.7 Å². The van der Waals surface area contributed by atoms with Gasteiger partial charge in [0.2, 0.25) is 6.41 Å². The summed E-state index contributed by atoms with van der Waals surface area (Å²) in [5.41, 5.74) is 0. The van der Waals surface area contributed by atoms with Gasteiger partial charge in [0, 0.05) is 0 Å². The van der Waals surface area contributed by atoms with Crippen molar-refractivity contribution in [1.82, 2.24) is 5.32 Å². The lowest BCUT2D eigenvalue weighted by Crippen LogP contribution is -2.05. The van der Waals surface area contributed by atoms with Gasteiger partial charge < -0.3 is 10.4 Å². The van der Waals surface area contributed by atoms with Gasteiger partial charge in [-0.15, -0.1) is 0 Å². The average Bonchev–Trinajstić information content (AvgIpc) is 2.09. The molecule has 1 unspecified atom stereocenters. The second-order valence-electron chi connectivity index (χ2n) is 2.72. The Morgan fingerprint density at radius 2 is 2.33 bits per heavy atom. The number of rotatable bonds is 7. The number of hydrogen-bond acceptors (Lipinski definition) is 2. The number of amides is 1. The summed E-state index contributed by atoms with van der Waals surface area (Å²) in [6.07, 6.45) is 7.24. The van der Waals surface area contributed by atoms with Crippen LogP contribution < -0.4 is 5.32 Å². The molecule has 0 spiro atoms. The fourth-order valence-corrected chi connectivity index (χ4v) is 0.890. The van der Waals surface area contributed by atoms with E-state index >= 15 is 0 Å². The van der Waals surface area contributed by atoms with E-state index in [1.165, 1.54) is 0 Å². The van der Waals surface area contributed by atoms with Gasteiger partial charge in [0.15, 0.2) is 0 Å². The molecule has 0 bridgehead atoms. The summed E-state index contributed by atoms with van der Waals surface area (Å²) >= 11 is 0. The quantitative estimate of drug-likeness (QED) is 0.565. The second-order valence-corrected chi connectivity index (χ2v) is 2.72. The van der Waals surface area contributed by atoms with Gasteiger partial charge in [-0.3, -0.25) is 4.79 Å². The molecule has 0 radical (unpaired) electrons. The van der Waals surface area contributed by atoms with Crippen LogP contribution in [-0.2, 0) is 4.79 Å². The molecule has 1 atom stereocenters. The molecule has 0 fully saturated rings. The van der Waals surface area contributed by atoms with E-state index in [2.05, 4.69) is 12.2 Å². The molecule has 0 aliphatic carbocycles. The number of carbonyl (C=O) groups is 1. The summed E-state index contributed by atoms with van der Waals surface area (Å²) in [5, 5.41) is 11.7. The molecule has 3 heteroatoms. The zero-order valence-corrected chi connectivity index (χ0v) is 7.49. The lowest BCUT2D eigenvalue weighted by atomic mass is 10.1. The number of aliphatic hydroxyl groups excluding tert-OH is 1. The van der Waals surface area contributed by atoms with E-state index in [4.69, 9.17) is 0 Å². The lowest BCUT2D eigenvalue weighted by Gasteiger charge is -2.05. The largest absolute Gasteiger partial charge is 0.393 e. The summed E-state index contributed by atoms with van der Waals surface area (Å²) in [6.45, 7) is 2.09. The molecule has 1 amide bonds. The third-order valence-corrected chi connectivity index (χ3v) is 1.58. The maximum absolute atomic E-state index is 9.80. The Hall–Kier alpha value is -0.830. The van der Waals surface area contributed by atoms with Crippen molar-refractivity contribution in [2.24, 2.45) is 0 Å². The van der Waals surface area contributed by atoms with Crippen LogP contribution in [0.25, 0.3) is 0 Å². The highest BCUT2D eigenvalue weighted by molar-refractivity contribution is 5.47. The van der Waals surface area contributed by atoms with E-state index in [-0.39, 0.29) is 6.10 Å².